The molecule has 0 fully saturated rings. The number of rotatable bonds is 5. The molecule has 0 atom stereocenters. The normalized spacial score (nSPS) is 11.0. The predicted molar refractivity (Wildman–Crippen MR) is 116 cm³/mol. The predicted octanol–water partition coefficient (Wildman–Crippen LogP) is 2.14. The summed E-state index contributed by atoms with van der Waals surface area (Å²) in [5.74, 6) is -0.123. The average Bonchev–Trinajstić information content (AvgIpc) is 2.76. The SMILES string of the molecule is C=CC[n+]1c(N)c(C(=O)NCc2ccccc2)cc2c(=O)n3cccc(C)c3nc21. The molecule has 0 bridgehead atoms. The molecule has 4 rings (SSSR count). The third-order valence-electron chi connectivity index (χ3n) is 5.03. The van der Waals surface area contributed by atoms with E-state index < -0.39 is 0 Å². The summed E-state index contributed by atoms with van der Waals surface area (Å²) in [5.41, 5.74) is 9.12. The van der Waals surface area contributed by atoms with Crippen LogP contribution in [0.2, 0.25) is 0 Å². The molecule has 0 unspecified atom stereocenters. The van der Waals surface area contributed by atoms with Crippen LogP contribution in [0.25, 0.3) is 16.7 Å². The van der Waals surface area contributed by atoms with Crippen molar-refractivity contribution in [2.24, 2.45) is 0 Å². The first-order valence-electron chi connectivity index (χ1n) is 9.58. The van der Waals surface area contributed by atoms with E-state index in [0.717, 1.165) is 11.1 Å². The number of aromatic nitrogens is 3. The molecule has 0 saturated heterocycles. The number of nitrogens with two attached hydrogens (primary N) is 1. The first-order valence-corrected chi connectivity index (χ1v) is 9.58. The summed E-state index contributed by atoms with van der Waals surface area (Å²) in [5, 5.41) is 3.19. The number of nitrogens with zero attached hydrogens (tertiary/aromatic N) is 3. The van der Waals surface area contributed by atoms with Gasteiger partial charge < -0.3 is 11.1 Å². The number of amides is 1. The van der Waals surface area contributed by atoms with Crippen molar-refractivity contribution in [1.82, 2.24) is 14.7 Å². The van der Waals surface area contributed by atoms with Crippen LogP contribution in [-0.4, -0.2) is 15.3 Å². The molecular formula is C23H22N5O2+. The molecule has 1 amide bonds. The topological polar surface area (TPSA) is 93.4 Å². The molecule has 7 heteroatoms. The van der Waals surface area contributed by atoms with E-state index in [1.807, 2.05) is 43.3 Å². The van der Waals surface area contributed by atoms with Crippen LogP contribution >= 0.6 is 0 Å². The van der Waals surface area contributed by atoms with Crippen LogP contribution in [0.15, 0.2) is 72.2 Å². The second-order valence-electron chi connectivity index (χ2n) is 7.05. The molecule has 0 aliphatic rings. The quantitative estimate of drug-likeness (QED) is 0.305. The molecule has 3 aromatic heterocycles. The molecule has 7 nitrogen and oxygen atoms in total. The van der Waals surface area contributed by atoms with Crippen molar-refractivity contribution >= 4 is 28.4 Å². The monoisotopic (exact) mass is 400 g/mol. The van der Waals surface area contributed by atoms with E-state index in [0.29, 0.717) is 29.8 Å². The van der Waals surface area contributed by atoms with Gasteiger partial charge in [-0.05, 0) is 24.6 Å². The Morgan fingerprint density at radius 1 is 1.27 bits per heavy atom. The molecule has 0 saturated carbocycles. The minimum atomic E-state index is -0.357. The third kappa shape index (κ3) is 3.30. The Hall–Kier alpha value is -4.00. The molecule has 3 N–H and O–H groups in total. The Morgan fingerprint density at radius 2 is 2.03 bits per heavy atom. The lowest BCUT2D eigenvalue weighted by atomic mass is 10.1. The highest BCUT2D eigenvalue weighted by Gasteiger charge is 2.24. The van der Waals surface area contributed by atoms with E-state index in [1.165, 1.54) is 10.5 Å². The maximum absolute atomic E-state index is 13.2. The van der Waals surface area contributed by atoms with Crippen LogP contribution in [0.5, 0.6) is 0 Å². The minimum Gasteiger partial charge on any atom is -0.348 e. The maximum Gasteiger partial charge on any atom is 0.278 e. The minimum absolute atomic E-state index is 0.229. The fraction of sp³-hybridized carbons (Fsp3) is 0.130. The summed E-state index contributed by atoms with van der Waals surface area (Å²) in [6, 6.07) is 14.8. The zero-order valence-electron chi connectivity index (χ0n) is 16.6. The van der Waals surface area contributed by atoms with E-state index in [2.05, 4.69) is 16.9 Å². The molecule has 0 aliphatic heterocycles. The van der Waals surface area contributed by atoms with Crippen LogP contribution in [0.1, 0.15) is 21.5 Å². The van der Waals surface area contributed by atoms with E-state index in [1.54, 1.807) is 22.9 Å². The summed E-state index contributed by atoms with van der Waals surface area (Å²) in [6.07, 6.45) is 3.32. The molecular weight excluding hydrogens is 378 g/mol. The lowest BCUT2D eigenvalue weighted by Gasteiger charge is -2.12. The van der Waals surface area contributed by atoms with Gasteiger partial charge in [-0.15, -0.1) is 0 Å². The number of hydrogen-bond acceptors (Lipinski definition) is 4. The number of pyridine rings is 2. The first kappa shape index (κ1) is 19.3. The van der Waals surface area contributed by atoms with Gasteiger partial charge in [-0.25, -0.2) is 4.57 Å². The fourth-order valence-corrected chi connectivity index (χ4v) is 3.48. The Morgan fingerprint density at radius 3 is 2.77 bits per heavy atom. The molecule has 0 aliphatic carbocycles. The van der Waals surface area contributed by atoms with Gasteiger partial charge in [0.15, 0.2) is 0 Å². The van der Waals surface area contributed by atoms with Crippen molar-refractivity contribution in [3.8, 4) is 0 Å². The van der Waals surface area contributed by atoms with Crippen LogP contribution in [0.3, 0.4) is 0 Å². The fourth-order valence-electron chi connectivity index (χ4n) is 3.48. The van der Waals surface area contributed by atoms with Crippen LogP contribution in [0, 0.1) is 6.92 Å². The molecule has 4 aromatic rings. The van der Waals surface area contributed by atoms with Crippen molar-refractivity contribution in [2.75, 3.05) is 5.73 Å². The first-order chi connectivity index (χ1) is 14.5. The van der Waals surface area contributed by atoms with Gasteiger partial charge in [-0.2, -0.15) is 0 Å². The van der Waals surface area contributed by atoms with Crippen LogP contribution < -0.4 is 21.2 Å². The standard InChI is InChI=1S/C23H21N5O2/c1-3-11-27-19(24)17(22(29)25-14-16-9-5-4-6-10-16)13-18-21(27)26-20-15(2)8-7-12-28(20)23(18)30/h3-10,12-13,24H,1,11,14H2,2H3,(H,25,29)/p+1. The number of benzene rings is 1. The Balaban J connectivity index is 1.88. The lowest BCUT2D eigenvalue weighted by Crippen LogP contribution is -2.42. The van der Waals surface area contributed by atoms with Crippen LogP contribution in [0.4, 0.5) is 5.82 Å². The van der Waals surface area contributed by atoms with E-state index in [-0.39, 0.29) is 22.8 Å². The number of allylic oxidation sites excluding steroid dienone is 1. The van der Waals surface area contributed by atoms with Crippen molar-refractivity contribution in [3.63, 3.8) is 0 Å². The molecule has 150 valence electrons. The highest BCUT2D eigenvalue weighted by atomic mass is 16.1. The number of carbonyl (C=O) groups is 1. The number of carbonyl (C=O) groups excluding carboxylic acids is 1. The van der Waals surface area contributed by atoms with Gasteiger partial charge in [0.1, 0.15) is 10.9 Å². The van der Waals surface area contributed by atoms with Crippen LogP contribution in [-0.2, 0) is 13.1 Å². The Kier molecular flexibility index (Phi) is 5.02. The van der Waals surface area contributed by atoms with Crippen molar-refractivity contribution in [3.05, 3.63) is 94.4 Å². The zero-order chi connectivity index (χ0) is 21.3. The maximum atomic E-state index is 13.2. The van der Waals surface area contributed by atoms with Crippen molar-refractivity contribution in [1.29, 1.82) is 0 Å². The molecule has 30 heavy (non-hydrogen) atoms. The van der Waals surface area contributed by atoms with Gasteiger partial charge in [-0.3, -0.25) is 14.0 Å². The summed E-state index contributed by atoms with van der Waals surface area (Å²) in [6.45, 7) is 6.33. The van der Waals surface area contributed by atoms with Gasteiger partial charge in [0, 0.05) is 18.3 Å². The number of aryl methyl sites for hydroxylation is 1. The number of fused-ring (bicyclic) bond motifs is 2. The Bertz CT molecular complexity index is 1340. The number of anilines is 1. The van der Waals surface area contributed by atoms with Crippen molar-refractivity contribution in [2.45, 2.75) is 20.0 Å². The van der Waals surface area contributed by atoms with Gasteiger partial charge in [0.25, 0.3) is 17.1 Å². The van der Waals surface area contributed by atoms with Gasteiger partial charge in [0.05, 0.1) is 6.54 Å². The van der Waals surface area contributed by atoms with Gasteiger partial charge in [-0.1, -0.05) is 54.0 Å². The second-order valence-corrected chi connectivity index (χ2v) is 7.05. The zero-order valence-corrected chi connectivity index (χ0v) is 16.6. The van der Waals surface area contributed by atoms with E-state index in [4.69, 9.17) is 5.73 Å². The molecule has 3 heterocycles. The highest BCUT2D eigenvalue weighted by Crippen LogP contribution is 2.16. The summed E-state index contributed by atoms with van der Waals surface area (Å²) < 4.78 is 3.13. The number of nitrogens with one attached hydrogen (secondary N) is 1. The lowest BCUT2D eigenvalue weighted by molar-refractivity contribution is -0.648. The molecule has 0 spiro atoms. The number of nitrogen functional groups attached to an aromatic ring is 1. The molecule has 0 radical (unpaired) electrons. The largest absolute Gasteiger partial charge is 0.348 e. The molecule has 1 aromatic carbocycles. The summed E-state index contributed by atoms with van der Waals surface area (Å²) in [7, 11) is 0. The van der Waals surface area contributed by atoms with Crippen molar-refractivity contribution < 1.29 is 9.36 Å². The number of hydrogen-bond donors (Lipinski definition) is 2. The smallest absolute Gasteiger partial charge is 0.278 e. The highest BCUT2D eigenvalue weighted by molar-refractivity contribution is 6.00. The average molecular weight is 400 g/mol. The van der Waals surface area contributed by atoms with Gasteiger partial charge in [0.2, 0.25) is 11.5 Å². The third-order valence-corrected chi connectivity index (χ3v) is 5.03. The van der Waals surface area contributed by atoms with E-state index >= 15 is 0 Å². The summed E-state index contributed by atoms with van der Waals surface area (Å²) in [4.78, 5) is 30.8. The Labute approximate surface area is 173 Å². The summed E-state index contributed by atoms with van der Waals surface area (Å²) >= 11 is 0. The second kappa shape index (κ2) is 7.79. The van der Waals surface area contributed by atoms with Gasteiger partial charge >= 0.3 is 0 Å². The van der Waals surface area contributed by atoms with E-state index in [9.17, 15) is 9.59 Å².